The second-order valence-electron chi connectivity index (χ2n) is 4.77. The summed E-state index contributed by atoms with van der Waals surface area (Å²) in [5, 5.41) is 0. The Balaban J connectivity index is 3.09. The van der Waals surface area contributed by atoms with Gasteiger partial charge in [-0.2, -0.15) is 0 Å². The van der Waals surface area contributed by atoms with Crippen LogP contribution in [0, 0.1) is 17.6 Å². The molecule has 1 rings (SSSR count). The maximum absolute atomic E-state index is 13.8. The quantitative estimate of drug-likeness (QED) is 0.604. The van der Waals surface area contributed by atoms with Gasteiger partial charge in [-0.15, -0.1) is 0 Å². The Morgan fingerprint density at radius 1 is 1.37 bits per heavy atom. The van der Waals surface area contributed by atoms with Crippen LogP contribution in [0.15, 0.2) is 12.1 Å². The van der Waals surface area contributed by atoms with Gasteiger partial charge in [0, 0.05) is 0 Å². The van der Waals surface area contributed by atoms with Crippen LogP contribution in [0.2, 0.25) is 0 Å². The van der Waals surface area contributed by atoms with Crippen molar-refractivity contribution >= 4 is 19.3 Å². The van der Waals surface area contributed by atoms with Crippen molar-refractivity contribution in [2.75, 3.05) is 6.61 Å². The van der Waals surface area contributed by atoms with Crippen LogP contribution in [-0.2, 0) is 9.53 Å². The van der Waals surface area contributed by atoms with Crippen LogP contribution >= 0.6 is 0 Å². The molecule has 2 nitrogen and oxygen atoms in total. The Kier molecular flexibility index (Phi) is 5.51. The van der Waals surface area contributed by atoms with Crippen LogP contribution in [-0.4, -0.2) is 20.4 Å². The molecule has 0 amide bonds. The molecular formula is C14H17BF2O2. The van der Waals surface area contributed by atoms with Crippen molar-refractivity contribution in [2.45, 2.75) is 33.1 Å². The molecule has 1 atom stereocenters. The molecule has 0 fully saturated rings. The van der Waals surface area contributed by atoms with Crippen LogP contribution in [0.1, 0.15) is 38.7 Å². The lowest BCUT2D eigenvalue weighted by molar-refractivity contribution is -0.143. The zero-order valence-corrected chi connectivity index (χ0v) is 11.4. The van der Waals surface area contributed by atoms with Gasteiger partial charge in [0.2, 0.25) is 0 Å². The average Bonchev–Trinajstić information content (AvgIpc) is 2.31. The number of esters is 1. The Morgan fingerprint density at radius 3 is 2.53 bits per heavy atom. The Bertz CT molecular complexity index is 461. The number of halogens is 2. The summed E-state index contributed by atoms with van der Waals surface area (Å²) in [6.07, 6.45) is 0.00528. The van der Waals surface area contributed by atoms with Crippen molar-refractivity contribution in [1.82, 2.24) is 0 Å². The fourth-order valence-corrected chi connectivity index (χ4v) is 2.01. The molecule has 2 radical (unpaired) electrons. The van der Waals surface area contributed by atoms with E-state index < -0.39 is 23.5 Å². The van der Waals surface area contributed by atoms with Gasteiger partial charge in [-0.1, -0.05) is 25.4 Å². The predicted molar refractivity (Wildman–Crippen MR) is 70.6 cm³/mol. The van der Waals surface area contributed by atoms with E-state index in [1.165, 1.54) is 6.07 Å². The molecule has 0 saturated heterocycles. The van der Waals surface area contributed by atoms with Gasteiger partial charge in [-0.05, 0) is 30.4 Å². The summed E-state index contributed by atoms with van der Waals surface area (Å²) < 4.78 is 32.1. The van der Waals surface area contributed by atoms with Gasteiger partial charge in [0.1, 0.15) is 7.85 Å². The van der Waals surface area contributed by atoms with E-state index in [2.05, 4.69) is 0 Å². The van der Waals surface area contributed by atoms with E-state index in [1.807, 2.05) is 13.8 Å². The van der Waals surface area contributed by atoms with Gasteiger partial charge >= 0.3 is 5.97 Å². The van der Waals surface area contributed by atoms with Crippen molar-refractivity contribution < 1.29 is 18.3 Å². The number of ether oxygens (including phenoxy) is 1. The van der Waals surface area contributed by atoms with Crippen molar-refractivity contribution in [3.63, 3.8) is 0 Å². The first kappa shape index (κ1) is 15.7. The third-order valence-electron chi connectivity index (χ3n) is 2.97. The van der Waals surface area contributed by atoms with E-state index in [4.69, 9.17) is 12.6 Å². The van der Waals surface area contributed by atoms with Crippen molar-refractivity contribution in [3.05, 3.63) is 29.3 Å². The molecule has 0 saturated carbocycles. The summed E-state index contributed by atoms with van der Waals surface area (Å²) in [6.45, 7) is 5.63. The zero-order chi connectivity index (χ0) is 14.6. The molecule has 0 aliphatic rings. The SMILES string of the molecule is [B]c1cc(F)c(F)c([C@H](CC(=O)OCC)C(C)C)c1. The highest BCUT2D eigenvalue weighted by Crippen LogP contribution is 2.30. The first-order chi connectivity index (χ1) is 8.86. The smallest absolute Gasteiger partial charge is 0.306 e. The van der Waals surface area contributed by atoms with Crippen LogP contribution in [0.25, 0.3) is 0 Å². The summed E-state index contributed by atoms with van der Waals surface area (Å²) in [4.78, 5) is 11.5. The number of carbonyl (C=O) groups is 1. The molecule has 0 bridgehead atoms. The number of benzene rings is 1. The monoisotopic (exact) mass is 266 g/mol. The maximum Gasteiger partial charge on any atom is 0.306 e. The topological polar surface area (TPSA) is 26.3 Å². The Morgan fingerprint density at radius 2 is 2.00 bits per heavy atom. The van der Waals surface area contributed by atoms with Crippen molar-refractivity contribution in [3.8, 4) is 0 Å². The molecule has 0 spiro atoms. The lowest BCUT2D eigenvalue weighted by Gasteiger charge is -2.21. The third kappa shape index (κ3) is 4.05. The summed E-state index contributed by atoms with van der Waals surface area (Å²) in [7, 11) is 5.53. The maximum atomic E-state index is 13.8. The lowest BCUT2D eigenvalue weighted by Crippen LogP contribution is -2.19. The van der Waals surface area contributed by atoms with Gasteiger partial charge in [0.25, 0.3) is 0 Å². The van der Waals surface area contributed by atoms with E-state index >= 15 is 0 Å². The standard InChI is InChI=1S/C14H17BF2O2/c1-4-19-13(18)7-10(8(2)3)11-5-9(15)6-12(16)14(11)17/h5-6,8,10H,4,7H2,1-3H3/t10-/m1/s1. The van der Waals surface area contributed by atoms with Gasteiger partial charge in [0.15, 0.2) is 11.6 Å². The predicted octanol–water partition coefficient (Wildman–Crippen LogP) is 2.45. The van der Waals surface area contributed by atoms with Gasteiger partial charge in [-0.3, -0.25) is 4.79 Å². The highest BCUT2D eigenvalue weighted by atomic mass is 19.2. The minimum Gasteiger partial charge on any atom is -0.466 e. The van der Waals surface area contributed by atoms with E-state index in [0.717, 1.165) is 6.07 Å². The largest absolute Gasteiger partial charge is 0.466 e. The molecule has 1 aromatic rings. The van der Waals surface area contributed by atoms with E-state index in [0.29, 0.717) is 0 Å². The molecule has 0 aliphatic carbocycles. The van der Waals surface area contributed by atoms with Crippen molar-refractivity contribution in [1.29, 1.82) is 0 Å². The molecule has 0 aromatic heterocycles. The highest BCUT2D eigenvalue weighted by Gasteiger charge is 2.25. The minimum absolute atomic E-state index is 0.00528. The number of hydrogen-bond acceptors (Lipinski definition) is 2. The van der Waals surface area contributed by atoms with E-state index in [1.54, 1.807) is 6.92 Å². The molecule has 0 aliphatic heterocycles. The molecule has 5 heteroatoms. The molecule has 0 unspecified atom stereocenters. The third-order valence-corrected chi connectivity index (χ3v) is 2.97. The lowest BCUT2D eigenvalue weighted by atomic mass is 9.82. The first-order valence-electron chi connectivity index (χ1n) is 6.26. The second kappa shape index (κ2) is 6.69. The number of hydrogen-bond donors (Lipinski definition) is 0. The number of carbonyl (C=O) groups excluding carboxylic acids is 1. The molecule has 0 heterocycles. The molecule has 19 heavy (non-hydrogen) atoms. The summed E-state index contributed by atoms with van der Waals surface area (Å²) in [5.74, 6) is -2.87. The molecule has 1 aromatic carbocycles. The molecule has 0 N–H and O–H groups in total. The summed E-state index contributed by atoms with van der Waals surface area (Å²) >= 11 is 0. The van der Waals surface area contributed by atoms with Gasteiger partial charge < -0.3 is 4.74 Å². The Labute approximate surface area is 113 Å². The zero-order valence-electron chi connectivity index (χ0n) is 11.4. The normalized spacial score (nSPS) is 12.5. The highest BCUT2D eigenvalue weighted by molar-refractivity contribution is 6.32. The van der Waals surface area contributed by atoms with Crippen LogP contribution < -0.4 is 5.46 Å². The van der Waals surface area contributed by atoms with Crippen LogP contribution in [0.4, 0.5) is 8.78 Å². The molecular weight excluding hydrogens is 249 g/mol. The summed E-state index contributed by atoms with van der Waals surface area (Å²) in [5.41, 5.74) is 0.268. The fraction of sp³-hybridized carbons (Fsp3) is 0.500. The van der Waals surface area contributed by atoms with Crippen molar-refractivity contribution in [2.24, 2.45) is 5.92 Å². The van der Waals surface area contributed by atoms with E-state index in [9.17, 15) is 13.6 Å². The van der Waals surface area contributed by atoms with E-state index in [-0.39, 0.29) is 30.0 Å². The number of rotatable bonds is 5. The van der Waals surface area contributed by atoms with Gasteiger partial charge in [-0.25, -0.2) is 8.78 Å². The van der Waals surface area contributed by atoms with Crippen LogP contribution in [0.5, 0.6) is 0 Å². The molecule has 102 valence electrons. The Hall–Kier alpha value is -1.39. The fourth-order valence-electron chi connectivity index (χ4n) is 2.01. The second-order valence-corrected chi connectivity index (χ2v) is 4.77. The van der Waals surface area contributed by atoms with Gasteiger partial charge in [0.05, 0.1) is 13.0 Å². The average molecular weight is 266 g/mol. The first-order valence-corrected chi connectivity index (χ1v) is 6.26. The summed E-state index contributed by atoms with van der Waals surface area (Å²) in [6, 6.07) is 2.31. The minimum atomic E-state index is -0.996. The van der Waals surface area contributed by atoms with Crippen LogP contribution in [0.3, 0.4) is 0 Å².